The van der Waals surface area contributed by atoms with Crippen molar-refractivity contribution in [3.63, 3.8) is 0 Å². The molecule has 3 aromatic rings. The number of nitrogens with zero attached hydrogens (tertiary/aromatic N) is 2. The number of aromatic nitrogens is 2. The smallest absolute Gasteiger partial charge is 0.303 e. The Morgan fingerprint density at radius 3 is 2.73 bits per heavy atom. The lowest BCUT2D eigenvalue weighted by atomic mass is 9.85. The van der Waals surface area contributed by atoms with E-state index in [1.165, 1.54) is 0 Å². The number of rotatable bonds is 8. The number of hydrogen-bond donors (Lipinski definition) is 1. The molecule has 0 fully saturated rings. The highest BCUT2D eigenvalue weighted by molar-refractivity contribution is 5.99. The van der Waals surface area contributed by atoms with Crippen LogP contribution in [0.1, 0.15) is 52.4 Å². The van der Waals surface area contributed by atoms with Crippen LogP contribution < -0.4 is 4.74 Å². The minimum absolute atomic E-state index is 0.00146. The lowest BCUT2D eigenvalue weighted by molar-refractivity contribution is -0.136. The van der Waals surface area contributed by atoms with Crippen LogP contribution in [-0.2, 0) is 24.2 Å². The second-order valence-corrected chi connectivity index (χ2v) is 7.52. The van der Waals surface area contributed by atoms with Gasteiger partial charge in [0, 0.05) is 30.8 Å². The van der Waals surface area contributed by atoms with Gasteiger partial charge in [0.25, 0.3) is 0 Å². The van der Waals surface area contributed by atoms with Crippen molar-refractivity contribution < 1.29 is 19.4 Å². The van der Waals surface area contributed by atoms with Crippen molar-refractivity contribution in [1.82, 2.24) is 9.55 Å². The first-order valence-corrected chi connectivity index (χ1v) is 10.2. The lowest BCUT2D eigenvalue weighted by Gasteiger charge is -2.25. The summed E-state index contributed by atoms with van der Waals surface area (Å²) >= 11 is 0. The second-order valence-electron chi connectivity index (χ2n) is 7.52. The number of aliphatic carboxylic acids is 1. The van der Waals surface area contributed by atoms with Crippen LogP contribution in [0.25, 0.3) is 0 Å². The first-order valence-electron chi connectivity index (χ1n) is 10.2. The maximum atomic E-state index is 12.4. The number of benzene rings is 2. The SMILES string of the molecule is O=C(O)CCc1c(OC(Cn2ccnc2)c2ccccc2)ccc2c1CCCC2=O. The van der Waals surface area contributed by atoms with Crippen molar-refractivity contribution in [3.05, 3.63) is 83.4 Å². The van der Waals surface area contributed by atoms with Crippen molar-refractivity contribution in [2.24, 2.45) is 0 Å². The number of carboxylic acids is 1. The molecular weight excluding hydrogens is 380 g/mol. The summed E-state index contributed by atoms with van der Waals surface area (Å²) in [6.45, 7) is 0.568. The zero-order chi connectivity index (χ0) is 20.9. The van der Waals surface area contributed by atoms with Gasteiger partial charge in [-0.15, -0.1) is 0 Å². The fraction of sp³-hybridized carbons (Fsp3) is 0.292. The Morgan fingerprint density at radius 1 is 1.17 bits per heavy atom. The molecule has 0 saturated heterocycles. The Morgan fingerprint density at radius 2 is 2.00 bits per heavy atom. The quantitative estimate of drug-likeness (QED) is 0.607. The monoisotopic (exact) mass is 404 g/mol. The maximum Gasteiger partial charge on any atom is 0.303 e. The van der Waals surface area contributed by atoms with E-state index in [-0.39, 0.29) is 18.3 Å². The van der Waals surface area contributed by atoms with Crippen molar-refractivity contribution in [1.29, 1.82) is 0 Å². The zero-order valence-corrected chi connectivity index (χ0v) is 16.7. The van der Waals surface area contributed by atoms with Gasteiger partial charge in [0.15, 0.2) is 5.78 Å². The average Bonchev–Trinajstić information content (AvgIpc) is 3.26. The Bertz CT molecular complexity index is 1030. The van der Waals surface area contributed by atoms with E-state index in [9.17, 15) is 14.7 Å². The van der Waals surface area contributed by atoms with E-state index < -0.39 is 5.97 Å². The minimum atomic E-state index is -0.862. The van der Waals surface area contributed by atoms with Crippen LogP contribution in [0.3, 0.4) is 0 Å². The third kappa shape index (κ3) is 4.43. The minimum Gasteiger partial charge on any atom is -0.484 e. The number of carboxylic acid groups (broad SMARTS) is 1. The maximum absolute atomic E-state index is 12.4. The molecule has 1 atom stereocenters. The number of ether oxygens (including phenoxy) is 1. The van der Waals surface area contributed by atoms with E-state index in [4.69, 9.17) is 4.74 Å². The van der Waals surface area contributed by atoms with E-state index in [0.717, 1.165) is 29.5 Å². The summed E-state index contributed by atoms with van der Waals surface area (Å²) in [5.74, 6) is -0.0882. The molecule has 6 heteroatoms. The number of Topliss-reactive ketones (excluding diaryl/α,β-unsaturated/α-hetero) is 1. The summed E-state index contributed by atoms with van der Waals surface area (Å²) < 4.78 is 8.44. The van der Waals surface area contributed by atoms with Crippen LogP contribution in [0.2, 0.25) is 0 Å². The van der Waals surface area contributed by atoms with Crippen LogP contribution >= 0.6 is 0 Å². The summed E-state index contributed by atoms with van der Waals surface area (Å²) in [5.41, 5.74) is 3.51. The van der Waals surface area contributed by atoms with E-state index in [1.54, 1.807) is 12.5 Å². The van der Waals surface area contributed by atoms with Gasteiger partial charge in [-0.3, -0.25) is 9.59 Å². The molecule has 1 aliphatic carbocycles. The average molecular weight is 404 g/mol. The summed E-state index contributed by atoms with van der Waals surface area (Å²) in [6.07, 6.45) is 7.51. The number of hydrogen-bond acceptors (Lipinski definition) is 4. The van der Waals surface area contributed by atoms with Crippen LogP contribution in [-0.4, -0.2) is 26.4 Å². The molecule has 2 aromatic carbocycles. The number of carbonyl (C=O) groups is 2. The predicted octanol–water partition coefficient (Wildman–Crippen LogP) is 4.24. The van der Waals surface area contributed by atoms with Crippen LogP contribution in [0.4, 0.5) is 0 Å². The fourth-order valence-corrected chi connectivity index (χ4v) is 4.01. The fourth-order valence-electron chi connectivity index (χ4n) is 4.01. The molecule has 1 aliphatic rings. The second kappa shape index (κ2) is 8.95. The normalized spacial score (nSPS) is 14.2. The number of ketones is 1. The molecule has 0 radical (unpaired) electrons. The summed E-state index contributed by atoms with van der Waals surface area (Å²) in [6, 6.07) is 13.6. The van der Waals surface area contributed by atoms with Gasteiger partial charge in [-0.05, 0) is 48.1 Å². The predicted molar refractivity (Wildman–Crippen MR) is 112 cm³/mol. The number of fused-ring (bicyclic) bond motifs is 1. The standard InChI is InChI=1S/C24H24N2O4/c27-21-8-4-7-18-19(21)9-11-22(20(18)10-12-24(28)29)30-23(15-26-14-13-25-16-26)17-5-2-1-3-6-17/h1-3,5-6,9,11,13-14,16,23H,4,7-8,10,12,15H2,(H,28,29). The van der Waals surface area contributed by atoms with Gasteiger partial charge >= 0.3 is 5.97 Å². The first-order chi connectivity index (χ1) is 14.6. The molecule has 4 rings (SSSR count). The highest BCUT2D eigenvalue weighted by atomic mass is 16.5. The van der Waals surface area contributed by atoms with Gasteiger partial charge in [0.1, 0.15) is 11.9 Å². The van der Waals surface area contributed by atoms with Crippen LogP contribution in [0.5, 0.6) is 5.75 Å². The third-order valence-electron chi connectivity index (χ3n) is 5.48. The molecule has 0 spiro atoms. The number of imidazole rings is 1. The first kappa shape index (κ1) is 19.9. The van der Waals surface area contributed by atoms with E-state index >= 15 is 0 Å². The Balaban J connectivity index is 1.71. The van der Waals surface area contributed by atoms with Crippen LogP contribution in [0.15, 0.2) is 61.2 Å². The molecular formula is C24H24N2O4. The molecule has 1 N–H and O–H groups in total. The van der Waals surface area contributed by atoms with Gasteiger partial charge in [0.2, 0.25) is 0 Å². The topological polar surface area (TPSA) is 81.4 Å². The summed E-state index contributed by atoms with van der Waals surface area (Å²) in [7, 11) is 0. The third-order valence-corrected chi connectivity index (χ3v) is 5.48. The van der Waals surface area contributed by atoms with Gasteiger partial charge in [-0.1, -0.05) is 30.3 Å². The zero-order valence-electron chi connectivity index (χ0n) is 16.7. The molecule has 1 heterocycles. The van der Waals surface area contributed by atoms with Gasteiger partial charge < -0.3 is 14.4 Å². The van der Waals surface area contributed by atoms with Gasteiger partial charge in [-0.25, -0.2) is 4.98 Å². The van der Waals surface area contributed by atoms with Crippen molar-refractivity contribution in [2.75, 3.05) is 0 Å². The number of carbonyl (C=O) groups excluding carboxylic acids is 1. The largest absolute Gasteiger partial charge is 0.484 e. The molecule has 0 bridgehead atoms. The molecule has 0 amide bonds. The molecule has 0 aliphatic heterocycles. The molecule has 1 unspecified atom stereocenters. The van der Waals surface area contributed by atoms with Crippen molar-refractivity contribution >= 4 is 11.8 Å². The van der Waals surface area contributed by atoms with Crippen molar-refractivity contribution in [3.8, 4) is 5.75 Å². The molecule has 1 aromatic heterocycles. The van der Waals surface area contributed by atoms with E-state index in [0.29, 0.717) is 30.7 Å². The summed E-state index contributed by atoms with van der Waals surface area (Å²) in [4.78, 5) is 27.7. The molecule has 6 nitrogen and oxygen atoms in total. The van der Waals surface area contributed by atoms with Crippen molar-refractivity contribution in [2.45, 2.75) is 44.8 Å². The molecule has 30 heavy (non-hydrogen) atoms. The Labute approximate surface area is 175 Å². The van der Waals surface area contributed by atoms with Crippen LogP contribution in [0, 0.1) is 0 Å². The summed E-state index contributed by atoms with van der Waals surface area (Å²) in [5, 5.41) is 9.23. The molecule has 0 saturated carbocycles. The van der Waals surface area contributed by atoms with Gasteiger partial charge in [-0.2, -0.15) is 0 Å². The Kier molecular flexibility index (Phi) is 5.93. The highest BCUT2D eigenvalue weighted by Gasteiger charge is 2.24. The Hall–Kier alpha value is -3.41. The van der Waals surface area contributed by atoms with E-state index in [2.05, 4.69) is 4.98 Å². The lowest BCUT2D eigenvalue weighted by Crippen LogP contribution is -2.18. The molecule has 154 valence electrons. The highest BCUT2D eigenvalue weighted by Crippen LogP contribution is 2.35. The van der Waals surface area contributed by atoms with E-state index in [1.807, 2.05) is 53.2 Å². The van der Waals surface area contributed by atoms with Gasteiger partial charge in [0.05, 0.1) is 12.9 Å².